The summed E-state index contributed by atoms with van der Waals surface area (Å²) in [6.07, 6.45) is 5.65. The van der Waals surface area contributed by atoms with Gasteiger partial charge in [0.1, 0.15) is 11.5 Å². The zero-order valence-corrected chi connectivity index (χ0v) is 19.3. The van der Waals surface area contributed by atoms with Crippen LogP contribution in [0.25, 0.3) is 28.5 Å². The van der Waals surface area contributed by atoms with Crippen molar-refractivity contribution in [1.29, 1.82) is 0 Å². The summed E-state index contributed by atoms with van der Waals surface area (Å²) < 4.78 is 1.50. The van der Waals surface area contributed by atoms with E-state index in [-0.39, 0.29) is 22.9 Å². The summed E-state index contributed by atoms with van der Waals surface area (Å²) in [5.74, 6) is -0.328. The van der Waals surface area contributed by atoms with Gasteiger partial charge in [0.15, 0.2) is 11.6 Å². The largest absolute Gasteiger partial charge is 0.507 e. The van der Waals surface area contributed by atoms with Crippen LogP contribution in [0.3, 0.4) is 0 Å². The standard InChI is InChI=1S/C21H15N3O4.C6H13N/c25-17-7-3-1-5-15(17)19-22-20(16-6-2-4-8-18(16)26)24(23-19)14-11-9-13(10-12-14)21(27)28;1-2-4-6-7-5-3-1/h1-12,25-26H,(H,27,28);7H,1-6H2. The Morgan fingerprint density at radius 3 is 1.91 bits per heavy atom. The quantitative estimate of drug-likeness (QED) is 0.335. The average Bonchev–Trinajstić information content (AvgIpc) is 3.08. The molecule has 1 aliphatic heterocycles. The molecule has 0 radical (unpaired) electrons. The van der Waals surface area contributed by atoms with Crippen molar-refractivity contribution in [2.45, 2.75) is 25.7 Å². The number of carboxylic acids is 1. The smallest absolute Gasteiger partial charge is 0.335 e. The average molecular weight is 473 g/mol. The van der Waals surface area contributed by atoms with Crippen LogP contribution in [0.1, 0.15) is 36.0 Å². The summed E-state index contributed by atoms with van der Waals surface area (Å²) in [4.78, 5) is 15.6. The van der Waals surface area contributed by atoms with Crippen molar-refractivity contribution in [1.82, 2.24) is 20.1 Å². The second-order valence-corrected chi connectivity index (χ2v) is 8.22. The first-order valence-corrected chi connectivity index (χ1v) is 11.6. The Labute approximate surface area is 203 Å². The maximum Gasteiger partial charge on any atom is 0.335 e. The molecule has 1 fully saturated rings. The highest BCUT2D eigenvalue weighted by molar-refractivity contribution is 5.87. The Morgan fingerprint density at radius 1 is 0.771 bits per heavy atom. The lowest BCUT2D eigenvalue weighted by atomic mass is 10.1. The van der Waals surface area contributed by atoms with Crippen LogP contribution >= 0.6 is 0 Å². The Morgan fingerprint density at radius 2 is 1.34 bits per heavy atom. The third-order valence-electron chi connectivity index (χ3n) is 5.71. The van der Waals surface area contributed by atoms with E-state index in [1.807, 2.05) is 0 Å². The highest BCUT2D eigenvalue weighted by Gasteiger charge is 2.19. The van der Waals surface area contributed by atoms with Gasteiger partial charge in [-0.25, -0.2) is 14.5 Å². The molecule has 4 aromatic rings. The predicted octanol–water partition coefficient (Wildman–Crippen LogP) is 4.86. The van der Waals surface area contributed by atoms with E-state index in [9.17, 15) is 15.0 Å². The van der Waals surface area contributed by atoms with Gasteiger partial charge in [0, 0.05) is 0 Å². The second-order valence-electron chi connectivity index (χ2n) is 8.22. The van der Waals surface area contributed by atoms with Crippen LogP contribution in [0.15, 0.2) is 72.8 Å². The number of aromatic hydroxyl groups is 2. The Balaban J connectivity index is 0.000000356. The summed E-state index contributed by atoms with van der Waals surface area (Å²) in [5, 5.41) is 37.4. The van der Waals surface area contributed by atoms with E-state index < -0.39 is 5.97 Å². The van der Waals surface area contributed by atoms with Crippen LogP contribution in [0, 0.1) is 0 Å². The maximum absolute atomic E-state index is 11.1. The number of phenols is 2. The van der Waals surface area contributed by atoms with Gasteiger partial charge in [-0.15, -0.1) is 5.10 Å². The zero-order valence-electron chi connectivity index (χ0n) is 19.3. The molecule has 35 heavy (non-hydrogen) atoms. The fourth-order valence-corrected chi connectivity index (χ4v) is 3.83. The molecule has 5 rings (SSSR count). The van der Waals surface area contributed by atoms with E-state index in [2.05, 4.69) is 15.4 Å². The number of hydrogen-bond donors (Lipinski definition) is 4. The molecule has 0 unspecified atom stereocenters. The minimum Gasteiger partial charge on any atom is -0.507 e. The number of para-hydroxylation sites is 2. The second kappa shape index (κ2) is 11.3. The van der Waals surface area contributed by atoms with Crippen LogP contribution in [0.5, 0.6) is 11.5 Å². The molecule has 0 amide bonds. The van der Waals surface area contributed by atoms with E-state index in [1.54, 1.807) is 54.6 Å². The molecule has 0 spiro atoms. The number of aromatic carboxylic acids is 1. The first-order valence-electron chi connectivity index (χ1n) is 11.6. The van der Waals surface area contributed by atoms with Crippen molar-refractivity contribution in [2.24, 2.45) is 0 Å². The molecule has 1 saturated heterocycles. The number of nitrogens with one attached hydrogen (secondary N) is 1. The van der Waals surface area contributed by atoms with Crippen molar-refractivity contribution in [3.8, 4) is 40.0 Å². The summed E-state index contributed by atoms with van der Waals surface area (Å²) >= 11 is 0. The highest BCUT2D eigenvalue weighted by Crippen LogP contribution is 2.33. The molecule has 0 saturated carbocycles. The number of aromatic nitrogens is 3. The summed E-state index contributed by atoms with van der Waals surface area (Å²) in [7, 11) is 0. The number of phenolic OH excluding ortho intramolecular Hbond substituents is 2. The van der Waals surface area contributed by atoms with Crippen LogP contribution in [0.2, 0.25) is 0 Å². The zero-order chi connectivity index (χ0) is 24.6. The normalized spacial score (nSPS) is 13.4. The van der Waals surface area contributed by atoms with Crippen molar-refractivity contribution in [3.05, 3.63) is 78.4 Å². The molecule has 4 N–H and O–H groups in total. The topological polar surface area (TPSA) is 121 Å². The monoisotopic (exact) mass is 472 g/mol. The molecule has 3 aromatic carbocycles. The molecular weight excluding hydrogens is 444 g/mol. The van der Waals surface area contributed by atoms with Gasteiger partial charge in [-0.1, -0.05) is 37.1 Å². The van der Waals surface area contributed by atoms with Crippen LogP contribution in [-0.4, -0.2) is 49.1 Å². The molecule has 0 aliphatic carbocycles. The minimum atomic E-state index is -1.03. The molecule has 0 bridgehead atoms. The molecule has 2 heterocycles. The van der Waals surface area contributed by atoms with Crippen LogP contribution in [0.4, 0.5) is 0 Å². The van der Waals surface area contributed by atoms with Crippen LogP contribution < -0.4 is 5.32 Å². The molecule has 0 atom stereocenters. The van der Waals surface area contributed by atoms with E-state index in [4.69, 9.17) is 5.11 Å². The van der Waals surface area contributed by atoms with E-state index in [0.717, 1.165) is 0 Å². The molecule has 1 aromatic heterocycles. The predicted molar refractivity (Wildman–Crippen MR) is 134 cm³/mol. The van der Waals surface area contributed by atoms with Gasteiger partial charge in [-0.3, -0.25) is 0 Å². The lowest BCUT2D eigenvalue weighted by Crippen LogP contribution is -2.12. The Kier molecular flexibility index (Phi) is 7.74. The van der Waals surface area contributed by atoms with E-state index in [0.29, 0.717) is 22.6 Å². The number of nitrogens with zero attached hydrogens (tertiary/aromatic N) is 3. The summed E-state index contributed by atoms with van der Waals surface area (Å²) in [5.41, 5.74) is 1.62. The fraction of sp³-hybridized carbons (Fsp3) is 0.222. The first-order chi connectivity index (χ1) is 17.0. The molecular formula is C27H28N4O4. The minimum absolute atomic E-state index is 0.0298. The number of benzene rings is 3. The number of carboxylic acid groups (broad SMARTS) is 1. The number of rotatable bonds is 4. The third-order valence-corrected chi connectivity index (χ3v) is 5.71. The van der Waals surface area contributed by atoms with Gasteiger partial charge >= 0.3 is 5.97 Å². The number of carbonyl (C=O) groups is 1. The van der Waals surface area contributed by atoms with Gasteiger partial charge in [-0.2, -0.15) is 0 Å². The lowest BCUT2D eigenvalue weighted by Gasteiger charge is -2.07. The van der Waals surface area contributed by atoms with Gasteiger partial charge in [-0.05, 0) is 74.5 Å². The van der Waals surface area contributed by atoms with Gasteiger partial charge in [0.2, 0.25) is 0 Å². The first kappa shape index (κ1) is 24.0. The molecule has 8 nitrogen and oxygen atoms in total. The highest BCUT2D eigenvalue weighted by atomic mass is 16.4. The van der Waals surface area contributed by atoms with Crippen molar-refractivity contribution < 1.29 is 20.1 Å². The van der Waals surface area contributed by atoms with Gasteiger partial charge < -0.3 is 20.6 Å². The third kappa shape index (κ3) is 5.85. The van der Waals surface area contributed by atoms with Crippen molar-refractivity contribution in [3.63, 3.8) is 0 Å². The van der Waals surface area contributed by atoms with Crippen molar-refractivity contribution >= 4 is 5.97 Å². The molecule has 1 aliphatic rings. The van der Waals surface area contributed by atoms with E-state index >= 15 is 0 Å². The summed E-state index contributed by atoms with van der Waals surface area (Å²) in [6, 6.07) is 19.5. The fourth-order valence-electron chi connectivity index (χ4n) is 3.83. The Bertz CT molecular complexity index is 1260. The van der Waals surface area contributed by atoms with Gasteiger partial charge in [0.05, 0.1) is 22.4 Å². The SMILES string of the molecule is C1CCCNCC1.O=C(O)c1ccc(-n2nc(-c3ccccc3O)nc2-c2ccccc2O)cc1. The molecule has 8 heteroatoms. The van der Waals surface area contributed by atoms with Gasteiger partial charge in [0.25, 0.3) is 0 Å². The van der Waals surface area contributed by atoms with Crippen molar-refractivity contribution in [2.75, 3.05) is 13.1 Å². The Hall–Kier alpha value is -4.17. The molecule has 180 valence electrons. The number of hydrogen-bond acceptors (Lipinski definition) is 6. The van der Waals surface area contributed by atoms with Crippen LogP contribution in [-0.2, 0) is 0 Å². The van der Waals surface area contributed by atoms with E-state index in [1.165, 1.54) is 61.7 Å². The summed E-state index contributed by atoms with van der Waals surface area (Å²) in [6.45, 7) is 2.50. The lowest BCUT2D eigenvalue weighted by molar-refractivity contribution is 0.0697. The maximum atomic E-state index is 11.1.